The zero-order chi connectivity index (χ0) is 14.6. The molecule has 0 amide bonds. The maximum absolute atomic E-state index is 12.5. The van der Waals surface area contributed by atoms with Crippen LogP contribution in [0.25, 0.3) is 0 Å². The third-order valence-corrected chi connectivity index (χ3v) is 3.41. The summed E-state index contributed by atoms with van der Waals surface area (Å²) < 4.78 is 51.0. The summed E-state index contributed by atoms with van der Waals surface area (Å²) in [6.45, 7) is 0.395. The number of benzene rings is 1. The molecule has 5 nitrogen and oxygen atoms in total. The van der Waals surface area contributed by atoms with Crippen LogP contribution in [-0.4, -0.2) is 27.9 Å². The van der Waals surface area contributed by atoms with Gasteiger partial charge in [-0.05, 0) is 19.1 Å². The molecular formula is C10H11F3N2O3S. The van der Waals surface area contributed by atoms with Gasteiger partial charge in [0.15, 0.2) is 6.04 Å². The molecule has 0 heterocycles. The molecule has 1 aromatic rings. The fourth-order valence-electron chi connectivity index (χ4n) is 1.22. The standard InChI is InChI=1S/C10H11F3N2O3S/c1-7-2-4-8(5-3-7)19(18)14-9(6-15(16)17)10(11,12)13/h2-5,9,14H,6H2,1H3/t9-,19+/m1/s1. The first-order chi connectivity index (χ1) is 8.70. The molecule has 2 atom stereocenters. The van der Waals surface area contributed by atoms with Crippen LogP contribution in [0.15, 0.2) is 29.2 Å². The summed E-state index contributed by atoms with van der Waals surface area (Å²) in [5.74, 6) is 0. The third kappa shape index (κ3) is 4.95. The maximum Gasteiger partial charge on any atom is 0.411 e. The number of hydrogen-bond acceptors (Lipinski definition) is 3. The Morgan fingerprint density at radius 2 is 1.89 bits per heavy atom. The smallest absolute Gasteiger partial charge is 0.264 e. The topological polar surface area (TPSA) is 72.2 Å². The average molecular weight is 296 g/mol. The van der Waals surface area contributed by atoms with E-state index in [0.29, 0.717) is 0 Å². The van der Waals surface area contributed by atoms with Crippen molar-refractivity contribution >= 4 is 11.0 Å². The minimum absolute atomic E-state index is 0.128. The van der Waals surface area contributed by atoms with Gasteiger partial charge in [0, 0.05) is 4.92 Å². The molecule has 0 fully saturated rings. The highest BCUT2D eigenvalue weighted by molar-refractivity contribution is 7.83. The predicted molar refractivity (Wildman–Crippen MR) is 62.4 cm³/mol. The summed E-state index contributed by atoms with van der Waals surface area (Å²) in [5.41, 5.74) is 0.860. The molecule has 0 aromatic heterocycles. The van der Waals surface area contributed by atoms with Crippen LogP contribution in [0.5, 0.6) is 0 Å². The number of nitrogens with one attached hydrogen (secondary N) is 1. The summed E-state index contributed by atoms with van der Waals surface area (Å²) in [6.07, 6.45) is -4.84. The Labute approximate surface area is 109 Å². The van der Waals surface area contributed by atoms with Crippen molar-refractivity contribution in [1.82, 2.24) is 4.72 Å². The molecule has 0 radical (unpaired) electrons. The molecule has 0 aliphatic heterocycles. The quantitative estimate of drug-likeness (QED) is 0.665. The van der Waals surface area contributed by atoms with Gasteiger partial charge in [0.25, 0.3) is 0 Å². The highest BCUT2D eigenvalue weighted by Crippen LogP contribution is 2.21. The lowest BCUT2D eigenvalue weighted by Gasteiger charge is -2.17. The number of nitrogens with zero attached hydrogens (tertiary/aromatic N) is 1. The van der Waals surface area contributed by atoms with E-state index in [1.165, 1.54) is 12.1 Å². The molecule has 1 N–H and O–H groups in total. The Hall–Kier alpha value is -1.48. The summed E-state index contributed by atoms with van der Waals surface area (Å²) in [5, 5.41) is 10.2. The lowest BCUT2D eigenvalue weighted by atomic mass is 10.2. The number of aryl methyl sites for hydroxylation is 1. The van der Waals surface area contributed by atoms with Crippen molar-refractivity contribution in [2.24, 2.45) is 0 Å². The number of rotatable bonds is 5. The Morgan fingerprint density at radius 1 is 1.37 bits per heavy atom. The molecule has 0 bridgehead atoms. The van der Waals surface area contributed by atoms with Gasteiger partial charge in [-0.25, -0.2) is 8.93 Å². The molecule has 0 aliphatic rings. The van der Waals surface area contributed by atoms with E-state index < -0.39 is 34.7 Å². The number of alkyl halides is 3. The summed E-state index contributed by atoms with van der Waals surface area (Å²) in [6, 6.07) is 3.52. The first-order valence-corrected chi connectivity index (χ1v) is 6.28. The summed E-state index contributed by atoms with van der Waals surface area (Å²) in [7, 11) is -2.16. The van der Waals surface area contributed by atoms with E-state index in [9.17, 15) is 27.5 Å². The monoisotopic (exact) mass is 296 g/mol. The highest BCUT2D eigenvalue weighted by Gasteiger charge is 2.44. The van der Waals surface area contributed by atoms with E-state index in [-0.39, 0.29) is 4.90 Å². The van der Waals surface area contributed by atoms with E-state index in [4.69, 9.17) is 0 Å². The fraction of sp³-hybridized carbons (Fsp3) is 0.400. The predicted octanol–water partition coefficient (Wildman–Crippen LogP) is 1.81. The highest BCUT2D eigenvalue weighted by atomic mass is 32.2. The molecule has 0 unspecified atom stereocenters. The van der Waals surface area contributed by atoms with Crippen molar-refractivity contribution < 1.29 is 22.3 Å². The van der Waals surface area contributed by atoms with Gasteiger partial charge in [0.05, 0.1) is 4.90 Å². The molecule has 0 aliphatic carbocycles. The zero-order valence-corrected chi connectivity index (χ0v) is 10.6. The molecule has 1 rings (SSSR count). The van der Waals surface area contributed by atoms with Crippen LogP contribution in [-0.2, 0) is 11.0 Å². The first-order valence-electron chi connectivity index (χ1n) is 5.13. The SMILES string of the molecule is Cc1ccc([S@](=O)N[C@H](C[N+](=O)[O-])C(F)(F)F)cc1. The minimum atomic E-state index is -4.84. The Bertz CT molecular complexity index is 476. The molecule has 19 heavy (non-hydrogen) atoms. The van der Waals surface area contributed by atoms with Gasteiger partial charge in [-0.2, -0.15) is 13.2 Å². The number of halogens is 3. The van der Waals surface area contributed by atoms with Gasteiger partial charge >= 0.3 is 6.18 Å². The van der Waals surface area contributed by atoms with Gasteiger partial charge in [0.1, 0.15) is 11.0 Å². The lowest BCUT2D eigenvalue weighted by molar-refractivity contribution is -0.490. The second-order valence-electron chi connectivity index (χ2n) is 3.81. The Kier molecular flexibility index (Phi) is 5.01. The van der Waals surface area contributed by atoms with E-state index in [1.54, 1.807) is 23.8 Å². The molecule has 9 heteroatoms. The van der Waals surface area contributed by atoms with E-state index >= 15 is 0 Å². The van der Waals surface area contributed by atoms with Crippen LogP contribution in [0.3, 0.4) is 0 Å². The molecule has 106 valence electrons. The third-order valence-electron chi connectivity index (χ3n) is 2.21. The fourth-order valence-corrected chi connectivity index (χ4v) is 2.20. The number of nitro groups is 1. The van der Waals surface area contributed by atoms with Crippen LogP contribution < -0.4 is 4.72 Å². The van der Waals surface area contributed by atoms with E-state index in [0.717, 1.165) is 5.56 Å². The molecular weight excluding hydrogens is 285 g/mol. The van der Waals surface area contributed by atoms with Crippen LogP contribution >= 0.6 is 0 Å². The van der Waals surface area contributed by atoms with Crippen LogP contribution in [0.1, 0.15) is 5.56 Å². The van der Waals surface area contributed by atoms with Gasteiger partial charge < -0.3 is 0 Å². The second kappa shape index (κ2) is 6.11. The van der Waals surface area contributed by atoms with Crippen molar-refractivity contribution in [2.45, 2.75) is 24.0 Å². The maximum atomic E-state index is 12.5. The number of hydrogen-bond donors (Lipinski definition) is 1. The molecule has 0 spiro atoms. The first kappa shape index (κ1) is 15.6. The normalized spacial score (nSPS) is 14.9. The largest absolute Gasteiger partial charge is 0.411 e. The van der Waals surface area contributed by atoms with Gasteiger partial charge in [-0.3, -0.25) is 10.1 Å². The van der Waals surface area contributed by atoms with Crippen molar-refractivity contribution in [2.75, 3.05) is 6.54 Å². The van der Waals surface area contributed by atoms with Gasteiger partial charge in [-0.15, -0.1) is 0 Å². The van der Waals surface area contributed by atoms with Crippen LogP contribution in [0, 0.1) is 17.0 Å². The van der Waals surface area contributed by atoms with Crippen molar-refractivity contribution in [3.8, 4) is 0 Å². The lowest BCUT2D eigenvalue weighted by Crippen LogP contribution is -2.47. The van der Waals surface area contributed by atoms with Crippen LogP contribution in [0.2, 0.25) is 0 Å². The second-order valence-corrected chi connectivity index (χ2v) is 5.05. The minimum Gasteiger partial charge on any atom is -0.264 e. The summed E-state index contributed by atoms with van der Waals surface area (Å²) in [4.78, 5) is 9.21. The van der Waals surface area contributed by atoms with E-state index in [2.05, 4.69) is 0 Å². The van der Waals surface area contributed by atoms with Crippen molar-refractivity contribution in [3.05, 3.63) is 39.9 Å². The molecule has 0 saturated heterocycles. The van der Waals surface area contributed by atoms with Gasteiger partial charge in [-0.1, -0.05) is 17.7 Å². The van der Waals surface area contributed by atoms with Crippen molar-refractivity contribution in [3.63, 3.8) is 0 Å². The molecule has 1 aromatic carbocycles. The van der Waals surface area contributed by atoms with Gasteiger partial charge in [0.2, 0.25) is 6.54 Å². The summed E-state index contributed by atoms with van der Waals surface area (Å²) >= 11 is 0. The average Bonchev–Trinajstić information content (AvgIpc) is 2.27. The Balaban J connectivity index is 2.81. The molecule has 0 saturated carbocycles. The van der Waals surface area contributed by atoms with E-state index in [1.807, 2.05) is 0 Å². The van der Waals surface area contributed by atoms with Crippen LogP contribution in [0.4, 0.5) is 13.2 Å². The van der Waals surface area contributed by atoms with Crippen molar-refractivity contribution in [1.29, 1.82) is 0 Å². The Morgan fingerprint density at radius 3 is 2.32 bits per heavy atom. The zero-order valence-electron chi connectivity index (χ0n) is 9.81.